The van der Waals surface area contributed by atoms with Crippen LogP contribution < -0.4 is 49.8 Å². The molecular formula is C58H91N11O11. The second-order valence-corrected chi connectivity index (χ2v) is 18.4. The number of unbranched alkanes of at least 4 members (excludes halogenated alkanes) is 1. The van der Waals surface area contributed by atoms with Gasteiger partial charge in [0.05, 0.1) is 6.54 Å². The number of fused-ring (bicyclic) bond motifs is 1. The highest BCUT2D eigenvalue weighted by Crippen LogP contribution is 2.17. The first-order valence-corrected chi connectivity index (χ1v) is 26.7. The van der Waals surface area contributed by atoms with Crippen LogP contribution in [0.25, 0.3) is 10.8 Å². The van der Waals surface area contributed by atoms with E-state index < -0.39 is 29.7 Å². The number of rotatable bonds is 29. The summed E-state index contributed by atoms with van der Waals surface area (Å²) >= 11 is 0. The van der Waals surface area contributed by atoms with Crippen LogP contribution >= 0.6 is 0 Å². The van der Waals surface area contributed by atoms with Crippen molar-refractivity contribution in [1.29, 1.82) is 0 Å². The van der Waals surface area contributed by atoms with E-state index in [1.54, 1.807) is 36.4 Å². The quantitative estimate of drug-likeness (QED) is 0.0286. The van der Waals surface area contributed by atoms with Gasteiger partial charge in [0.15, 0.2) is 0 Å². The van der Waals surface area contributed by atoms with E-state index in [1.165, 1.54) is 36.2 Å². The van der Waals surface area contributed by atoms with Crippen LogP contribution in [-0.4, -0.2) is 135 Å². The van der Waals surface area contributed by atoms with Crippen LogP contribution in [0.1, 0.15) is 109 Å². The van der Waals surface area contributed by atoms with Crippen LogP contribution in [0.4, 0.5) is 0 Å². The van der Waals surface area contributed by atoms with Crippen molar-refractivity contribution in [1.82, 2.24) is 25.4 Å². The van der Waals surface area contributed by atoms with Crippen LogP contribution in [0, 0.1) is 5.92 Å². The number of primary amides is 5. The van der Waals surface area contributed by atoms with E-state index in [0.29, 0.717) is 32.6 Å². The minimum absolute atomic E-state index is 0.0987. The van der Waals surface area contributed by atoms with Crippen LogP contribution in [0.5, 0.6) is 5.75 Å². The number of amides is 9. The SMILES string of the molecule is CC(Cc1ccc(OCCN)cc1)C(N)=O.CCCOCCCC(=O)NC(C)CCCCN(C)C(C)=O.CCCc1ccc2ccccc2c1.CN(CC(N)=O)C(=O)C(Cc1cccnc1)NC(=O)CCC(N)=O.NC=O.NC=O. The Kier molecular flexibility index (Phi) is 43.6. The molecule has 0 aliphatic heterocycles. The smallest absolute Gasteiger partial charge is 0.245 e. The molecule has 0 saturated heterocycles. The lowest BCUT2D eigenvalue weighted by Crippen LogP contribution is -2.50. The molecule has 0 radical (unpaired) electrons. The molecule has 0 saturated carbocycles. The lowest BCUT2D eigenvalue weighted by atomic mass is 10.0. The van der Waals surface area contributed by atoms with Crippen molar-refractivity contribution in [3.63, 3.8) is 0 Å². The third kappa shape index (κ3) is 39.4. The Hall–Kier alpha value is -7.98. The predicted molar refractivity (Wildman–Crippen MR) is 312 cm³/mol. The highest BCUT2D eigenvalue weighted by atomic mass is 16.5. The van der Waals surface area contributed by atoms with Gasteiger partial charge in [0.1, 0.15) is 18.4 Å². The number of carbonyl (C=O) groups excluding carboxylic acids is 9. The van der Waals surface area contributed by atoms with Crippen molar-refractivity contribution in [2.45, 2.75) is 124 Å². The number of aryl methyl sites for hydroxylation is 1. The predicted octanol–water partition coefficient (Wildman–Crippen LogP) is 3.35. The molecule has 80 heavy (non-hydrogen) atoms. The summed E-state index contributed by atoms with van der Waals surface area (Å²) in [6.07, 6.45) is 11.9. The topological polar surface area (TPSA) is 372 Å². The standard InChI is InChI=1S/C16H32N2O3.C15H21N5O4.C13H14.C12H18N2O2.2CH3NO/c1-5-12-21-13-8-10-16(20)17-14(2)9-6-7-11-18(4)15(3)19;1-20(9-13(17)22)15(24)11(7-10-3-2-6-18-8-10)19-14(23)5-4-12(16)21;1-2-5-11-8-9-12-6-3-4-7-13(12)10-11;1-9(12(14)15)8-10-2-4-11(5-3-10)16-7-6-13;2*2-1-3/h14H,5-13H2,1-4H3,(H,17,20);2-3,6,8,11H,4-5,7,9H2,1H3,(H2,16,21)(H2,17,22)(H,19,23);3-4,6-10H,2,5H2,1H3;2-5,9H,6-8,13H2,1H3,(H2,14,15);2*1H,(H2,2,3). The Bertz CT molecular complexity index is 2370. The minimum Gasteiger partial charge on any atom is -0.492 e. The van der Waals surface area contributed by atoms with E-state index in [1.807, 2.05) is 45.2 Å². The number of nitrogens with one attached hydrogen (secondary N) is 2. The normalized spacial score (nSPS) is 11.0. The number of nitrogens with zero attached hydrogens (tertiary/aromatic N) is 3. The van der Waals surface area contributed by atoms with E-state index in [-0.39, 0.29) is 68.3 Å². The van der Waals surface area contributed by atoms with E-state index in [4.69, 9.17) is 42.0 Å². The molecule has 4 aromatic rings. The average Bonchev–Trinajstić information content (AvgIpc) is 3.42. The van der Waals surface area contributed by atoms with Gasteiger partial charge < -0.3 is 64.3 Å². The molecule has 4 rings (SSSR count). The minimum atomic E-state index is -0.904. The molecule has 22 nitrogen and oxygen atoms in total. The summed E-state index contributed by atoms with van der Waals surface area (Å²) in [5.41, 5.74) is 32.2. The zero-order valence-electron chi connectivity index (χ0n) is 48.1. The Morgan fingerprint density at radius 2 is 1.30 bits per heavy atom. The Morgan fingerprint density at radius 3 is 1.85 bits per heavy atom. The number of hydrogen-bond acceptors (Lipinski definition) is 13. The molecule has 444 valence electrons. The van der Waals surface area contributed by atoms with E-state index >= 15 is 0 Å². The maximum Gasteiger partial charge on any atom is 0.245 e. The van der Waals surface area contributed by atoms with Gasteiger partial charge in [-0.1, -0.05) is 87.9 Å². The van der Waals surface area contributed by atoms with Crippen molar-refractivity contribution in [2.24, 2.45) is 40.3 Å². The molecule has 3 aromatic carbocycles. The van der Waals surface area contributed by atoms with E-state index in [9.17, 15) is 33.6 Å². The zero-order chi connectivity index (χ0) is 60.7. The molecule has 0 aliphatic rings. The lowest BCUT2D eigenvalue weighted by Gasteiger charge is -2.23. The zero-order valence-corrected chi connectivity index (χ0v) is 48.1. The van der Waals surface area contributed by atoms with Crippen LogP contribution in [0.15, 0.2) is 91.3 Å². The number of ether oxygens (including phenoxy) is 2. The summed E-state index contributed by atoms with van der Waals surface area (Å²) < 4.78 is 10.7. The van der Waals surface area contributed by atoms with Gasteiger partial charge in [0, 0.05) is 97.4 Å². The first-order valence-electron chi connectivity index (χ1n) is 26.7. The molecule has 22 heteroatoms. The summed E-state index contributed by atoms with van der Waals surface area (Å²) in [5.74, 6) is -1.64. The molecular weight excluding hydrogens is 1030 g/mol. The summed E-state index contributed by atoms with van der Waals surface area (Å²) in [7, 11) is 3.23. The fourth-order valence-corrected chi connectivity index (χ4v) is 7.03. The fourth-order valence-electron chi connectivity index (χ4n) is 7.03. The van der Waals surface area contributed by atoms with E-state index in [0.717, 1.165) is 67.0 Å². The van der Waals surface area contributed by atoms with E-state index in [2.05, 4.69) is 83.4 Å². The lowest BCUT2D eigenvalue weighted by molar-refractivity contribution is -0.137. The second-order valence-electron chi connectivity index (χ2n) is 18.4. The molecule has 0 aliphatic carbocycles. The van der Waals surface area contributed by atoms with Crippen LogP contribution in [-0.2, 0) is 67.2 Å². The van der Waals surface area contributed by atoms with Crippen molar-refractivity contribution >= 4 is 64.9 Å². The first-order chi connectivity index (χ1) is 38.1. The van der Waals surface area contributed by atoms with Crippen molar-refractivity contribution in [3.8, 4) is 5.75 Å². The van der Waals surface area contributed by atoms with Crippen molar-refractivity contribution < 1.29 is 52.6 Å². The fraction of sp³-hybridized carbons (Fsp3) is 0.483. The Balaban J connectivity index is 0. The number of carbonyl (C=O) groups is 9. The van der Waals surface area contributed by atoms with Gasteiger partial charge in [-0.15, -0.1) is 0 Å². The van der Waals surface area contributed by atoms with Gasteiger partial charge in [-0.2, -0.15) is 0 Å². The van der Waals surface area contributed by atoms with Gasteiger partial charge in [-0.25, -0.2) is 0 Å². The van der Waals surface area contributed by atoms with Gasteiger partial charge in [0.25, 0.3) is 0 Å². The number of likely N-dealkylation sites (N-methyl/N-ethyl adjacent to an activating group) is 1. The molecule has 1 heterocycles. The summed E-state index contributed by atoms with van der Waals surface area (Å²) in [6, 6.07) is 25.6. The second kappa shape index (κ2) is 47.1. The third-order valence-corrected chi connectivity index (χ3v) is 11.2. The number of benzene rings is 3. The maximum absolute atomic E-state index is 12.4. The largest absolute Gasteiger partial charge is 0.492 e. The molecule has 0 spiro atoms. The van der Waals surface area contributed by atoms with Crippen molar-refractivity contribution in [2.75, 3.05) is 53.6 Å². The van der Waals surface area contributed by atoms with Crippen molar-refractivity contribution in [3.05, 3.63) is 108 Å². The number of pyridine rings is 1. The number of nitrogens with two attached hydrogens (primary N) is 6. The van der Waals surface area contributed by atoms with Crippen LogP contribution in [0.2, 0.25) is 0 Å². The summed E-state index contributed by atoms with van der Waals surface area (Å²) in [4.78, 5) is 104. The molecule has 3 unspecified atom stereocenters. The first kappa shape index (κ1) is 74.1. The summed E-state index contributed by atoms with van der Waals surface area (Å²) in [5, 5.41) is 8.25. The van der Waals surface area contributed by atoms with Gasteiger partial charge in [-0.05, 0) is 97.5 Å². The third-order valence-electron chi connectivity index (χ3n) is 11.2. The monoisotopic (exact) mass is 1120 g/mol. The molecule has 14 N–H and O–H groups in total. The van der Waals surface area contributed by atoms with Gasteiger partial charge in [-0.3, -0.25) is 48.1 Å². The van der Waals surface area contributed by atoms with Gasteiger partial charge >= 0.3 is 0 Å². The average molecular weight is 1120 g/mol. The molecule has 9 amide bonds. The highest BCUT2D eigenvalue weighted by Gasteiger charge is 2.25. The van der Waals surface area contributed by atoms with Crippen LogP contribution in [0.3, 0.4) is 0 Å². The maximum atomic E-state index is 12.4. The Morgan fingerprint density at radius 1 is 0.675 bits per heavy atom. The summed E-state index contributed by atoms with van der Waals surface area (Å²) in [6.45, 7) is 12.7. The molecule has 0 fully saturated rings. The molecule has 3 atom stereocenters. The highest BCUT2D eigenvalue weighted by molar-refractivity contribution is 5.91. The Labute approximate surface area is 472 Å². The number of aromatic nitrogens is 1. The molecule has 1 aromatic heterocycles. The van der Waals surface area contributed by atoms with Gasteiger partial charge in [0.2, 0.25) is 54.2 Å². The number of hydrogen-bond donors (Lipinski definition) is 8. The molecule has 0 bridgehead atoms.